The zero-order valence-corrected chi connectivity index (χ0v) is 12.6. The first-order chi connectivity index (χ1) is 10.3. The fourth-order valence-electron chi connectivity index (χ4n) is 2.05. The summed E-state index contributed by atoms with van der Waals surface area (Å²) >= 11 is 0.953. The van der Waals surface area contributed by atoms with Gasteiger partial charge in [-0.25, -0.2) is 4.98 Å². The Hall–Kier alpha value is -1.70. The van der Waals surface area contributed by atoms with Gasteiger partial charge in [0.1, 0.15) is 0 Å². The van der Waals surface area contributed by atoms with Gasteiger partial charge in [-0.1, -0.05) is 25.1 Å². The largest absolute Gasteiger partial charge is 0.549 e. The van der Waals surface area contributed by atoms with Crippen LogP contribution in [0.1, 0.15) is 25.3 Å². The molecular weight excluding hydrogens is 317 g/mol. The molecule has 2 aromatic rings. The van der Waals surface area contributed by atoms with Gasteiger partial charge in [-0.05, 0) is 24.6 Å². The Bertz CT molecular complexity index is 683. The van der Waals surface area contributed by atoms with Crippen LogP contribution in [0.4, 0.5) is 13.2 Å². The number of fused-ring (bicyclic) bond motifs is 1. The second kappa shape index (κ2) is 6.60. The topological polar surface area (TPSA) is 58.0 Å². The van der Waals surface area contributed by atoms with E-state index in [2.05, 4.69) is 4.98 Å². The fraction of sp³-hybridized carbons (Fsp3) is 0.429. The molecule has 0 radical (unpaired) electrons. The highest BCUT2D eigenvalue weighted by Gasteiger charge is 2.31. The van der Waals surface area contributed by atoms with E-state index in [1.807, 2.05) is 6.92 Å². The molecule has 22 heavy (non-hydrogen) atoms. The number of carbonyl (C=O) groups is 1. The highest BCUT2D eigenvalue weighted by Crippen LogP contribution is 2.33. The molecule has 0 saturated heterocycles. The van der Waals surface area contributed by atoms with E-state index in [1.165, 1.54) is 6.07 Å². The monoisotopic (exact) mass is 331 g/mol. The Balaban J connectivity index is 2.45. The van der Waals surface area contributed by atoms with Crippen molar-refractivity contribution in [2.75, 3.05) is 5.75 Å². The summed E-state index contributed by atoms with van der Waals surface area (Å²) in [5, 5.41) is 11.0. The molecule has 0 amide bonds. The van der Waals surface area contributed by atoms with Crippen LogP contribution in [0.3, 0.4) is 0 Å². The Labute approximate surface area is 129 Å². The fourth-order valence-corrected chi connectivity index (χ4v) is 2.81. The third-order valence-corrected chi connectivity index (χ3v) is 4.04. The second-order valence-corrected chi connectivity index (χ2v) is 5.70. The predicted octanol–water partition coefficient (Wildman–Crippen LogP) is 2.70. The first-order valence-corrected chi connectivity index (χ1v) is 7.71. The number of rotatable bonds is 6. The van der Waals surface area contributed by atoms with E-state index >= 15 is 0 Å². The van der Waals surface area contributed by atoms with Gasteiger partial charge in [-0.15, -0.1) is 0 Å². The minimum absolute atomic E-state index is 0.215. The third-order valence-electron chi connectivity index (χ3n) is 3.09. The molecule has 4 nitrogen and oxygen atoms in total. The number of carboxylic acid groups (broad SMARTS) is 1. The van der Waals surface area contributed by atoms with Gasteiger partial charge in [0.2, 0.25) is 0 Å². The standard InChI is InChI=1S/C14H15F3N2O2S/c1-2-3-6-19-11-5-4-9(14(15,16)17)7-10(11)18-13(19)22-8-12(20)21/h4-5,7H,2-3,6,8H2,1H3,(H,20,21)/p-1. The summed E-state index contributed by atoms with van der Waals surface area (Å²) in [6, 6.07) is 3.38. The lowest BCUT2D eigenvalue weighted by Crippen LogP contribution is -2.24. The Morgan fingerprint density at radius 2 is 2.14 bits per heavy atom. The van der Waals surface area contributed by atoms with Gasteiger partial charge in [0.15, 0.2) is 5.16 Å². The van der Waals surface area contributed by atoms with Crippen LogP contribution in [-0.4, -0.2) is 21.3 Å². The minimum Gasteiger partial charge on any atom is -0.549 e. The van der Waals surface area contributed by atoms with Crippen molar-refractivity contribution in [2.24, 2.45) is 0 Å². The molecule has 0 aliphatic rings. The van der Waals surface area contributed by atoms with E-state index in [9.17, 15) is 23.1 Å². The van der Waals surface area contributed by atoms with E-state index in [-0.39, 0.29) is 11.3 Å². The molecule has 0 saturated carbocycles. The normalized spacial score (nSPS) is 12.0. The number of unbranched alkanes of at least 4 members (excludes halogenated alkanes) is 1. The summed E-state index contributed by atoms with van der Waals surface area (Å²) < 4.78 is 40.0. The molecule has 0 fully saturated rings. The number of thioether (sulfide) groups is 1. The molecule has 1 heterocycles. The van der Waals surface area contributed by atoms with E-state index in [0.29, 0.717) is 17.2 Å². The molecule has 0 N–H and O–H groups in total. The number of benzene rings is 1. The summed E-state index contributed by atoms with van der Waals surface area (Å²) in [5.74, 6) is -1.53. The van der Waals surface area contributed by atoms with Gasteiger partial charge in [0.25, 0.3) is 0 Å². The van der Waals surface area contributed by atoms with Crippen LogP contribution in [0, 0.1) is 0 Å². The maximum atomic E-state index is 12.8. The number of hydrogen-bond acceptors (Lipinski definition) is 4. The van der Waals surface area contributed by atoms with E-state index in [4.69, 9.17) is 0 Å². The summed E-state index contributed by atoms with van der Waals surface area (Å²) in [4.78, 5) is 14.7. The first kappa shape index (κ1) is 16.7. The number of imidazole rings is 1. The van der Waals surface area contributed by atoms with Crippen molar-refractivity contribution in [3.8, 4) is 0 Å². The molecule has 0 aliphatic carbocycles. The van der Waals surface area contributed by atoms with Crippen molar-refractivity contribution >= 4 is 28.8 Å². The van der Waals surface area contributed by atoms with Gasteiger partial charge in [0.05, 0.1) is 22.6 Å². The maximum absolute atomic E-state index is 12.8. The number of hydrogen-bond donors (Lipinski definition) is 0. The average Bonchev–Trinajstić information content (AvgIpc) is 2.78. The summed E-state index contributed by atoms with van der Waals surface area (Å²) in [5.41, 5.74) is 0.0191. The lowest BCUT2D eigenvalue weighted by Gasteiger charge is -2.09. The summed E-state index contributed by atoms with van der Waals surface area (Å²) in [6.45, 7) is 2.57. The molecule has 8 heteroatoms. The van der Waals surface area contributed by atoms with Crippen LogP contribution in [0.2, 0.25) is 0 Å². The SMILES string of the molecule is CCCCn1c(SCC(=O)[O-])nc2cc(C(F)(F)F)ccc21. The van der Waals surface area contributed by atoms with Crippen LogP contribution < -0.4 is 5.11 Å². The number of aromatic nitrogens is 2. The summed E-state index contributed by atoms with van der Waals surface area (Å²) in [7, 11) is 0. The van der Waals surface area contributed by atoms with E-state index < -0.39 is 17.7 Å². The van der Waals surface area contributed by atoms with Gasteiger partial charge >= 0.3 is 6.18 Å². The molecule has 0 spiro atoms. The predicted molar refractivity (Wildman–Crippen MR) is 75.4 cm³/mol. The van der Waals surface area contributed by atoms with Crippen molar-refractivity contribution in [1.82, 2.24) is 9.55 Å². The van der Waals surface area contributed by atoms with Gasteiger partial charge in [-0.3, -0.25) is 0 Å². The smallest absolute Gasteiger partial charge is 0.416 e. The first-order valence-electron chi connectivity index (χ1n) is 6.73. The number of aliphatic carboxylic acids is 1. The molecule has 0 aliphatic heterocycles. The third kappa shape index (κ3) is 3.73. The van der Waals surface area contributed by atoms with Crippen LogP contribution in [0.5, 0.6) is 0 Å². The number of alkyl halides is 3. The Morgan fingerprint density at radius 1 is 1.41 bits per heavy atom. The summed E-state index contributed by atoms with van der Waals surface area (Å²) in [6.07, 6.45) is -2.70. The van der Waals surface area contributed by atoms with Crippen molar-refractivity contribution in [3.63, 3.8) is 0 Å². The zero-order chi connectivity index (χ0) is 16.3. The second-order valence-electron chi connectivity index (χ2n) is 4.76. The van der Waals surface area contributed by atoms with Crippen molar-refractivity contribution in [3.05, 3.63) is 23.8 Å². The number of aryl methyl sites for hydroxylation is 1. The minimum atomic E-state index is -4.43. The number of nitrogens with zero attached hydrogens (tertiary/aromatic N) is 2. The van der Waals surface area contributed by atoms with Crippen LogP contribution >= 0.6 is 11.8 Å². The van der Waals surface area contributed by atoms with Crippen LogP contribution in [-0.2, 0) is 17.5 Å². The molecule has 1 aromatic heterocycles. The van der Waals surface area contributed by atoms with Crippen LogP contribution in [0.15, 0.2) is 23.4 Å². The van der Waals surface area contributed by atoms with Crippen molar-refractivity contribution < 1.29 is 23.1 Å². The lowest BCUT2D eigenvalue weighted by molar-refractivity contribution is -0.301. The van der Waals surface area contributed by atoms with Crippen LogP contribution in [0.25, 0.3) is 11.0 Å². The number of halogens is 3. The van der Waals surface area contributed by atoms with Crippen molar-refractivity contribution in [2.45, 2.75) is 37.6 Å². The Morgan fingerprint density at radius 3 is 2.73 bits per heavy atom. The molecular formula is C14H14F3N2O2S-. The molecule has 0 bridgehead atoms. The average molecular weight is 331 g/mol. The highest BCUT2D eigenvalue weighted by molar-refractivity contribution is 7.99. The van der Waals surface area contributed by atoms with E-state index in [0.717, 1.165) is 36.7 Å². The van der Waals surface area contributed by atoms with Gasteiger partial charge in [-0.2, -0.15) is 13.2 Å². The lowest BCUT2D eigenvalue weighted by atomic mass is 10.2. The number of carbonyl (C=O) groups excluding carboxylic acids is 1. The molecule has 120 valence electrons. The maximum Gasteiger partial charge on any atom is 0.416 e. The van der Waals surface area contributed by atoms with E-state index in [1.54, 1.807) is 4.57 Å². The van der Waals surface area contributed by atoms with Crippen molar-refractivity contribution in [1.29, 1.82) is 0 Å². The number of carboxylic acids is 1. The zero-order valence-electron chi connectivity index (χ0n) is 11.8. The van der Waals surface area contributed by atoms with Gasteiger partial charge in [0, 0.05) is 12.3 Å². The molecule has 2 rings (SSSR count). The highest BCUT2D eigenvalue weighted by atomic mass is 32.2. The Kier molecular flexibility index (Phi) is 5.00. The molecule has 0 atom stereocenters. The quantitative estimate of drug-likeness (QED) is 0.764. The molecule has 0 unspecified atom stereocenters. The van der Waals surface area contributed by atoms with Gasteiger partial charge < -0.3 is 14.5 Å². The molecule has 1 aromatic carbocycles.